The third-order valence-electron chi connectivity index (χ3n) is 3.81. The molecule has 0 bridgehead atoms. The normalized spacial score (nSPS) is 19.6. The summed E-state index contributed by atoms with van der Waals surface area (Å²) in [5.41, 5.74) is 5.97. The summed E-state index contributed by atoms with van der Waals surface area (Å²) in [6.07, 6.45) is 0. The monoisotopic (exact) mass is 269 g/mol. The summed E-state index contributed by atoms with van der Waals surface area (Å²) in [6.45, 7) is 7.06. The minimum Gasteiger partial charge on any atom is -0.329 e. The Kier molecular flexibility index (Phi) is 4.85. The van der Waals surface area contributed by atoms with Gasteiger partial charge in [0.1, 0.15) is 11.6 Å². The molecule has 2 N–H and O–H groups in total. The van der Waals surface area contributed by atoms with Crippen molar-refractivity contribution in [1.29, 1.82) is 0 Å². The number of benzene rings is 1. The lowest BCUT2D eigenvalue weighted by atomic mass is 10.1. The Morgan fingerprint density at radius 1 is 1.21 bits per heavy atom. The Bertz CT molecular complexity index is 417. The Morgan fingerprint density at radius 3 is 2.53 bits per heavy atom. The van der Waals surface area contributed by atoms with Gasteiger partial charge in [-0.2, -0.15) is 0 Å². The standard InChI is InChI=1S/C14H21F2N3/c1-11(13-10-12(15)2-3-14(13)16)19-8-6-18(5-4-17)7-9-19/h2-3,10-11H,4-9,17H2,1H3. The fourth-order valence-corrected chi connectivity index (χ4v) is 2.59. The molecular weight excluding hydrogens is 248 g/mol. The number of piperazine rings is 1. The Balaban J connectivity index is 2.01. The largest absolute Gasteiger partial charge is 0.329 e. The van der Waals surface area contributed by atoms with Gasteiger partial charge in [-0.25, -0.2) is 8.78 Å². The molecule has 1 fully saturated rings. The molecule has 1 aromatic rings. The van der Waals surface area contributed by atoms with Gasteiger partial charge in [0.05, 0.1) is 0 Å². The average Bonchev–Trinajstić information content (AvgIpc) is 2.42. The van der Waals surface area contributed by atoms with Gasteiger partial charge in [0.15, 0.2) is 0 Å². The Morgan fingerprint density at radius 2 is 1.89 bits per heavy atom. The van der Waals surface area contributed by atoms with Crippen molar-refractivity contribution in [3.8, 4) is 0 Å². The zero-order valence-corrected chi connectivity index (χ0v) is 11.3. The predicted molar refractivity (Wildman–Crippen MR) is 71.8 cm³/mol. The van der Waals surface area contributed by atoms with E-state index in [1.807, 2.05) is 6.92 Å². The van der Waals surface area contributed by atoms with Crippen LogP contribution in [0.5, 0.6) is 0 Å². The first-order valence-corrected chi connectivity index (χ1v) is 6.73. The fourth-order valence-electron chi connectivity index (χ4n) is 2.59. The van der Waals surface area contributed by atoms with E-state index in [2.05, 4.69) is 9.80 Å². The van der Waals surface area contributed by atoms with E-state index in [9.17, 15) is 8.78 Å². The maximum Gasteiger partial charge on any atom is 0.128 e. The zero-order valence-electron chi connectivity index (χ0n) is 11.3. The SMILES string of the molecule is CC(c1cc(F)ccc1F)N1CCN(CCN)CC1. The molecule has 1 atom stereocenters. The van der Waals surface area contributed by atoms with Crippen LogP contribution in [-0.4, -0.2) is 49.1 Å². The quantitative estimate of drug-likeness (QED) is 0.901. The first-order chi connectivity index (χ1) is 9.11. The predicted octanol–water partition coefficient (Wildman–Crippen LogP) is 1.60. The molecule has 106 valence electrons. The van der Waals surface area contributed by atoms with Crippen LogP contribution in [0.15, 0.2) is 18.2 Å². The highest BCUT2D eigenvalue weighted by Crippen LogP contribution is 2.24. The molecule has 1 heterocycles. The van der Waals surface area contributed by atoms with E-state index in [0.29, 0.717) is 12.1 Å². The third kappa shape index (κ3) is 3.49. The number of rotatable bonds is 4. The molecule has 0 aliphatic carbocycles. The van der Waals surface area contributed by atoms with Crippen LogP contribution in [-0.2, 0) is 0 Å². The van der Waals surface area contributed by atoms with Crippen LogP contribution >= 0.6 is 0 Å². The van der Waals surface area contributed by atoms with Crippen LogP contribution in [0.25, 0.3) is 0 Å². The Labute approximate surface area is 113 Å². The number of nitrogens with two attached hydrogens (primary N) is 1. The number of hydrogen-bond acceptors (Lipinski definition) is 3. The minimum atomic E-state index is -0.384. The first kappa shape index (κ1) is 14.4. The zero-order chi connectivity index (χ0) is 13.8. The minimum absolute atomic E-state index is 0.101. The average molecular weight is 269 g/mol. The molecule has 1 aliphatic rings. The Hall–Kier alpha value is -1.04. The summed E-state index contributed by atoms with van der Waals surface area (Å²) in [5.74, 6) is -0.719. The molecule has 19 heavy (non-hydrogen) atoms. The molecule has 2 rings (SSSR count). The van der Waals surface area contributed by atoms with Crippen molar-refractivity contribution >= 4 is 0 Å². The molecule has 0 radical (unpaired) electrons. The van der Waals surface area contributed by atoms with Crippen LogP contribution in [0.1, 0.15) is 18.5 Å². The first-order valence-electron chi connectivity index (χ1n) is 6.73. The molecular formula is C14H21F2N3. The second-order valence-corrected chi connectivity index (χ2v) is 5.01. The molecule has 0 saturated carbocycles. The molecule has 5 heteroatoms. The summed E-state index contributed by atoms with van der Waals surface area (Å²) in [4.78, 5) is 4.48. The van der Waals surface area contributed by atoms with Gasteiger partial charge in [-0.3, -0.25) is 9.80 Å². The topological polar surface area (TPSA) is 32.5 Å². The summed E-state index contributed by atoms with van der Waals surface area (Å²) in [7, 11) is 0. The van der Waals surface area contributed by atoms with Gasteiger partial charge in [0.25, 0.3) is 0 Å². The van der Waals surface area contributed by atoms with E-state index in [4.69, 9.17) is 5.73 Å². The van der Waals surface area contributed by atoms with Gasteiger partial charge in [-0.15, -0.1) is 0 Å². The van der Waals surface area contributed by atoms with Gasteiger partial charge in [0, 0.05) is 50.9 Å². The summed E-state index contributed by atoms with van der Waals surface area (Å²) >= 11 is 0. The van der Waals surface area contributed by atoms with Gasteiger partial charge in [-0.05, 0) is 25.1 Å². The van der Waals surface area contributed by atoms with E-state index in [0.717, 1.165) is 38.8 Å². The van der Waals surface area contributed by atoms with Gasteiger partial charge >= 0.3 is 0 Å². The van der Waals surface area contributed by atoms with Crippen molar-refractivity contribution in [2.45, 2.75) is 13.0 Å². The van der Waals surface area contributed by atoms with E-state index >= 15 is 0 Å². The smallest absolute Gasteiger partial charge is 0.128 e. The second kappa shape index (κ2) is 6.41. The molecule has 3 nitrogen and oxygen atoms in total. The highest BCUT2D eigenvalue weighted by molar-refractivity contribution is 5.22. The molecule has 0 aromatic heterocycles. The lowest BCUT2D eigenvalue weighted by Crippen LogP contribution is -2.48. The summed E-state index contributed by atoms with van der Waals surface area (Å²) in [6, 6.07) is 3.55. The van der Waals surface area contributed by atoms with Crippen LogP contribution < -0.4 is 5.73 Å². The molecule has 0 amide bonds. The van der Waals surface area contributed by atoms with Crippen molar-refractivity contribution in [2.75, 3.05) is 39.3 Å². The lowest BCUT2D eigenvalue weighted by Gasteiger charge is -2.38. The molecule has 1 saturated heterocycles. The molecule has 1 aliphatic heterocycles. The van der Waals surface area contributed by atoms with Crippen LogP contribution in [0.3, 0.4) is 0 Å². The van der Waals surface area contributed by atoms with E-state index in [1.54, 1.807) is 0 Å². The maximum absolute atomic E-state index is 13.8. The number of hydrogen-bond donors (Lipinski definition) is 1. The number of halogens is 2. The molecule has 1 unspecified atom stereocenters. The summed E-state index contributed by atoms with van der Waals surface area (Å²) in [5, 5.41) is 0. The molecule has 0 spiro atoms. The fraction of sp³-hybridized carbons (Fsp3) is 0.571. The van der Waals surface area contributed by atoms with E-state index < -0.39 is 0 Å². The summed E-state index contributed by atoms with van der Waals surface area (Å²) < 4.78 is 27.0. The highest BCUT2D eigenvalue weighted by Gasteiger charge is 2.23. The highest BCUT2D eigenvalue weighted by atomic mass is 19.1. The van der Waals surface area contributed by atoms with Crippen molar-refractivity contribution in [2.24, 2.45) is 5.73 Å². The lowest BCUT2D eigenvalue weighted by molar-refractivity contribution is 0.103. The van der Waals surface area contributed by atoms with Crippen molar-refractivity contribution in [3.05, 3.63) is 35.4 Å². The van der Waals surface area contributed by atoms with Crippen LogP contribution in [0.2, 0.25) is 0 Å². The van der Waals surface area contributed by atoms with E-state index in [1.165, 1.54) is 12.1 Å². The van der Waals surface area contributed by atoms with Gasteiger partial charge in [0.2, 0.25) is 0 Å². The second-order valence-electron chi connectivity index (χ2n) is 5.01. The molecule has 1 aromatic carbocycles. The maximum atomic E-state index is 13.8. The van der Waals surface area contributed by atoms with Gasteiger partial charge < -0.3 is 5.73 Å². The van der Waals surface area contributed by atoms with E-state index in [-0.39, 0.29) is 17.7 Å². The van der Waals surface area contributed by atoms with Crippen LogP contribution in [0, 0.1) is 11.6 Å². The van der Waals surface area contributed by atoms with Crippen molar-refractivity contribution in [1.82, 2.24) is 9.80 Å². The third-order valence-corrected chi connectivity index (χ3v) is 3.81. The van der Waals surface area contributed by atoms with Crippen LogP contribution in [0.4, 0.5) is 8.78 Å². The number of nitrogens with zero attached hydrogens (tertiary/aromatic N) is 2. The van der Waals surface area contributed by atoms with Crippen molar-refractivity contribution in [3.63, 3.8) is 0 Å². The van der Waals surface area contributed by atoms with Crippen molar-refractivity contribution < 1.29 is 8.78 Å². The van der Waals surface area contributed by atoms with Gasteiger partial charge in [-0.1, -0.05) is 0 Å².